The summed E-state index contributed by atoms with van der Waals surface area (Å²) in [6, 6.07) is 1.76. The number of amides is 2. The number of hydrogen-bond donors (Lipinski definition) is 4. The van der Waals surface area contributed by atoms with Crippen molar-refractivity contribution in [3.05, 3.63) is 24.0 Å². The minimum atomic E-state index is -4.44. The Morgan fingerprint density at radius 2 is 2.19 bits per heavy atom. The van der Waals surface area contributed by atoms with Crippen molar-refractivity contribution >= 4 is 28.5 Å². The predicted molar refractivity (Wildman–Crippen MR) is 91.9 cm³/mol. The Balaban J connectivity index is 1.72. The quantitative estimate of drug-likeness (QED) is 0.622. The molecule has 3 rings (SSSR count). The van der Waals surface area contributed by atoms with Gasteiger partial charge in [0, 0.05) is 37.9 Å². The molecule has 1 aliphatic heterocycles. The summed E-state index contributed by atoms with van der Waals surface area (Å²) in [5.41, 5.74) is 4.56. The molecule has 0 spiro atoms. The number of halogens is 3. The number of rotatable bonds is 5. The fraction of sp³-hybridized carbons (Fsp3) is 0.438. The number of hydrogen-bond acceptors (Lipinski definition) is 5. The van der Waals surface area contributed by atoms with E-state index in [1.165, 1.54) is 13.2 Å². The van der Waals surface area contributed by atoms with Gasteiger partial charge in [-0.2, -0.15) is 13.2 Å². The Morgan fingerprint density at radius 3 is 2.89 bits per heavy atom. The first-order valence-electron chi connectivity index (χ1n) is 8.32. The third-order valence-electron chi connectivity index (χ3n) is 4.35. The molecule has 2 aromatic heterocycles. The lowest BCUT2D eigenvalue weighted by Crippen LogP contribution is -2.39. The van der Waals surface area contributed by atoms with Crippen LogP contribution in [-0.4, -0.2) is 59.6 Å². The van der Waals surface area contributed by atoms with Gasteiger partial charge in [0.2, 0.25) is 5.91 Å². The maximum atomic E-state index is 12.3. The van der Waals surface area contributed by atoms with E-state index in [0.717, 1.165) is 0 Å². The van der Waals surface area contributed by atoms with Gasteiger partial charge in [-0.05, 0) is 12.5 Å². The molecule has 27 heavy (non-hydrogen) atoms. The van der Waals surface area contributed by atoms with Crippen LogP contribution in [-0.2, 0) is 4.79 Å². The molecule has 1 atom stereocenters. The standard InChI is InChI=1S/C16H19F3N6O2/c1-20-15(27)11-6-22-13-10(2-4-21-13)12(11)24-25-5-3-9(7-25)14(26)23-8-16(17,18)19/h2,4,6,9H,3,5,7-8H2,1H3,(H,20,27)(H,23,26)(H2,21,22,24)/t9-/m1/s1. The van der Waals surface area contributed by atoms with Crippen molar-refractivity contribution in [1.29, 1.82) is 0 Å². The van der Waals surface area contributed by atoms with Crippen LogP contribution in [0, 0.1) is 5.92 Å². The highest BCUT2D eigenvalue weighted by molar-refractivity contribution is 6.06. The molecular formula is C16H19F3N6O2. The largest absolute Gasteiger partial charge is 0.405 e. The second kappa shape index (κ2) is 7.43. The maximum Gasteiger partial charge on any atom is 0.405 e. The van der Waals surface area contributed by atoms with Crippen LogP contribution in [0.1, 0.15) is 16.8 Å². The smallest absolute Gasteiger partial charge is 0.355 e. The van der Waals surface area contributed by atoms with Crippen molar-refractivity contribution in [1.82, 2.24) is 25.6 Å². The molecule has 0 unspecified atom stereocenters. The van der Waals surface area contributed by atoms with E-state index >= 15 is 0 Å². The zero-order valence-electron chi connectivity index (χ0n) is 14.5. The molecule has 1 aliphatic rings. The molecule has 0 bridgehead atoms. The van der Waals surface area contributed by atoms with Gasteiger partial charge in [-0.1, -0.05) is 0 Å². The van der Waals surface area contributed by atoms with Crippen molar-refractivity contribution in [2.45, 2.75) is 12.6 Å². The highest BCUT2D eigenvalue weighted by Crippen LogP contribution is 2.28. The molecule has 8 nitrogen and oxygen atoms in total. The second-order valence-corrected chi connectivity index (χ2v) is 6.24. The van der Waals surface area contributed by atoms with Gasteiger partial charge in [-0.3, -0.25) is 9.59 Å². The molecule has 0 aromatic carbocycles. The first-order chi connectivity index (χ1) is 12.8. The molecule has 1 fully saturated rings. The maximum absolute atomic E-state index is 12.3. The predicted octanol–water partition coefficient (Wildman–Crippen LogP) is 1.25. The summed E-state index contributed by atoms with van der Waals surface area (Å²) in [4.78, 5) is 31.2. The molecule has 2 amide bonds. The van der Waals surface area contributed by atoms with Crippen molar-refractivity contribution in [2.75, 3.05) is 32.1 Å². The van der Waals surface area contributed by atoms with Crippen LogP contribution >= 0.6 is 0 Å². The molecule has 4 N–H and O–H groups in total. The average molecular weight is 384 g/mol. The number of nitrogens with one attached hydrogen (secondary N) is 4. The Morgan fingerprint density at radius 1 is 1.41 bits per heavy atom. The Kier molecular flexibility index (Phi) is 5.22. The van der Waals surface area contributed by atoms with Crippen LogP contribution < -0.4 is 16.1 Å². The number of carbonyl (C=O) groups is 2. The monoisotopic (exact) mass is 384 g/mol. The number of aromatic nitrogens is 2. The SMILES string of the molecule is CNC(=O)c1cnc2[nH]ccc2c1NN1CC[C@@H](C(=O)NCC(F)(F)F)C1. The Labute approximate surface area is 152 Å². The van der Waals surface area contributed by atoms with Gasteiger partial charge in [0.15, 0.2) is 0 Å². The van der Waals surface area contributed by atoms with Crippen molar-refractivity contribution in [2.24, 2.45) is 5.92 Å². The number of carbonyl (C=O) groups excluding carboxylic acids is 2. The van der Waals surface area contributed by atoms with Gasteiger partial charge in [0.25, 0.3) is 5.91 Å². The number of anilines is 1. The van der Waals surface area contributed by atoms with Crippen molar-refractivity contribution in [3.8, 4) is 0 Å². The van der Waals surface area contributed by atoms with E-state index in [1.807, 2.05) is 5.32 Å². The fourth-order valence-corrected chi connectivity index (χ4v) is 3.00. The Hall–Kier alpha value is -2.82. The Bertz CT molecular complexity index is 850. The number of alkyl halides is 3. The normalized spacial score (nSPS) is 17.9. The lowest BCUT2D eigenvalue weighted by Gasteiger charge is -2.21. The minimum absolute atomic E-state index is 0.227. The van der Waals surface area contributed by atoms with Gasteiger partial charge >= 0.3 is 6.18 Å². The summed E-state index contributed by atoms with van der Waals surface area (Å²) >= 11 is 0. The lowest BCUT2D eigenvalue weighted by atomic mass is 10.1. The third kappa shape index (κ3) is 4.30. The minimum Gasteiger partial charge on any atom is -0.355 e. The summed E-state index contributed by atoms with van der Waals surface area (Å²) < 4.78 is 36.8. The molecule has 0 radical (unpaired) electrons. The summed E-state index contributed by atoms with van der Waals surface area (Å²) in [6.45, 7) is -0.665. The first-order valence-corrected chi connectivity index (χ1v) is 8.32. The lowest BCUT2D eigenvalue weighted by molar-refractivity contribution is -0.140. The topological polar surface area (TPSA) is 102 Å². The average Bonchev–Trinajstić information content (AvgIpc) is 3.28. The number of pyridine rings is 1. The molecule has 0 aliphatic carbocycles. The number of hydrazine groups is 1. The molecule has 146 valence electrons. The van der Waals surface area contributed by atoms with E-state index in [4.69, 9.17) is 0 Å². The van der Waals surface area contributed by atoms with Crippen molar-refractivity contribution in [3.63, 3.8) is 0 Å². The summed E-state index contributed by atoms with van der Waals surface area (Å²) in [6.07, 6.45) is -0.906. The molecule has 2 aromatic rings. The van der Waals surface area contributed by atoms with E-state index in [-0.39, 0.29) is 12.5 Å². The van der Waals surface area contributed by atoms with Gasteiger partial charge in [-0.15, -0.1) is 0 Å². The number of aromatic amines is 1. The molecular weight excluding hydrogens is 365 g/mol. The number of nitrogens with zero attached hydrogens (tertiary/aromatic N) is 2. The van der Waals surface area contributed by atoms with Crippen LogP contribution in [0.15, 0.2) is 18.5 Å². The summed E-state index contributed by atoms with van der Waals surface area (Å²) in [5.74, 6) is -1.52. The van der Waals surface area contributed by atoms with Crippen LogP contribution in [0.4, 0.5) is 18.9 Å². The molecule has 3 heterocycles. The highest BCUT2D eigenvalue weighted by atomic mass is 19.4. The number of fused-ring (bicyclic) bond motifs is 1. The molecule has 0 saturated carbocycles. The van der Waals surface area contributed by atoms with Gasteiger partial charge in [-0.25, -0.2) is 9.99 Å². The van der Waals surface area contributed by atoms with E-state index in [0.29, 0.717) is 35.2 Å². The van der Waals surface area contributed by atoms with Crippen molar-refractivity contribution < 1.29 is 22.8 Å². The zero-order valence-corrected chi connectivity index (χ0v) is 14.5. The van der Waals surface area contributed by atoms with Crippen LogP contribution in [0.2, 0.25) is 0 Å². The van der Waals surface area contributed by atoms with Gasteiger partial charge in [0.05, 0.1) is 17.2 Å². The highest BCUT2D eigenvalue weighted by Gasteiger charge is 2.33. The van der Waals surface area contributed by atoms with E-state index in [2.05, 4.69) is 20.7 Å². The van der Waals surface area contributed by atoms with Crippen LogP contribution in [0.5, 0.6) is 0 Å². The van der Waals surface area contributed by atoms with Gasteiger partial charge in [0.1, 0.15) is 12.2 Å². The first kappa shape index (κ1) is 19.0. The third-order valence-corrected chi connectivity index (χ3v) is 4.35. The summed E-state index contributed by atoms with van der Waals surface area (Å²) in [5, 5.41) is 6.87. The van der Waals surface area contributed by atoms with E-state index in [9.17, 15) is 22.8 Å². The second-order valence-electron chi connectivity index (χ2n) is 6.24. The summed E-state index contributed by atoms with van der Waals surface area (Å²) in [7, 11) is 1.50. The number of H-pyrrole nitrogens is 1. The molecule has 1 saturated heterocycles. The fourth-order valence-electron chi connectivity index (χ4n) is 3.00. The molecule has 11 heteroatoms. The van der Waals surface area contributed by atoms with Gasteiger partial charge < -0.3 is 21.0 Å². The van der Waals surface area contributed by atoms with Crippen LogP contribution in [0.25, 0.3) is 11.0 Å². The van der Waals surface area contributed by atoms with Crippen LogP contribution in [0.3, 0.4) is 0 Å². The van der Waals surface area contributed by atoms with E-state index in [1.54, 1.807) is 17.3 Å². The van der Waals surface area contributed by atoms with E-state index < -0.39 is 24.5 Å². The zero-order chi connectivity index (χ0) is 19.6.